The van der Waals surface area contributed by atoms with Crippen molar-refractivity contribution in [2.45, 2.75) is 39.2 Å². The fourth-order valence-electron chi connectivity index (χ4n) is 4.33. The number of amides is 2. The summed E-state index contributed by atoms with van der Waals surface area (Å²) in [5.41, 5.74) is 3.70. The maximum absolute atomic E-state index is 14.0. The summed E-state index contributed by atoms with van der Waals surface area (Å²) < 4.78 is 19.6. The van der Waals surface area contributed by atoms with Crippen LogP contribution in [0.3, 0.4) is 0 Å². The lowest BCUT2D eigenvalue weighted by Crippen LogP contribution is -2.45. The van der Waals surface area contributed by atoms with Crippen LogP contribution in [0.4, 0.5) is 9.18 Å². The fraction of sp³-hybridized carbons (Fsp3) is 0.522. The predicted octanol–water partition coefficient (Wildman–Crippen LogP) is 4.15. The Morgan fingerprint density at radius 2 is 2.06 bits per heavy atom. The molecule has 2 fully saturated rings. The molecule has 3 aliphatic heterocycles. The average Bonchev–Trinajstić information content (AvgIpc) is 3.45. The molecule has 8 nitrogen and oxygen atoms in total. The molecule has 1 atom stereocenters. The minimum absolute atomic E-state index is 0. The molecule has 0 aromatic heterocycles. The molecule has 0 saturated carbocycles. The van der Waals surface area contributed by atoms with Crippen molar-refractivity contribution in [3.05, 3.63) is 34.5 Å². The van der Waals surface area contributed by atoms with Gasteiger partial charge in [-0.15, -0.1) is 24.8 Å². The van der Waals surface area contributed by atoms with Gasteiger partial charge < -0.3 is 9.64 Å². The maximum atomic E-state index is 14.0. The van der Waals surface area contributed by atoms with Crippen LogP contribution in [0.2, 0.25) is 0 Å². The standard InChI is InChI=1S/C23H30FN5O3S.2ClH/c1-3-27(4-2)18-9-12-28(15-18)23(31)32-19-14-17(24)8-7-16(19)13-20-21(30)26-22(33-20)29-11-6-5-10-25-29;;/h7-8,13-14,18,25H,3-6,9-12,15H2,1-2H3;2*1H/b20-13+;;/t18-;;/m0../s1. The highest BCUT2D eigenvalue weighted by molar-refractivity contribution is 8.18. The number of hydrazine groups is 1. The van der Waals surface area contributed by atoms with Crippen LogP contribution in [0.5, 0.6) is 5.75 Å². The van der Waals surface area contributed by atoms with Crippen LogP contribution in [0.15, 0.2) is 28.1 Å². The second kappa shape index (κ2) is 13.5. The third-order valence-corrected chi connectivity index (χ3v) is 7.17. The van der Waals surface area contributed by atoms with Gasteiger partial charge in [-0.25, -0.2) is 14.6 Å². The Labute approximate surface area is 222 Å². The van der Waals surface area contributed by atoms with Gasteiger partial charge in [-0.3, -0.25) is 14.7 Å². The molecule has 4 rings (SSSR count). The van der Waals surface area contributed by atoms with E-state index in [1.165, 1.54) is 30.0 Å². The molecule has 3 aliphatic rings. The summed E-state index contributed by atoms with van der Waals surface area (Å²) in [4.78, 5) is 33.8. The van der Waals surface area contributed by atoms with E-state index in [2.05, 4.69) is 29.2 Å². The van der Waals surface area contributed by atoms with Crippen molar-refractivity contribution in [2.75, 3.05) is 39.3 Å². The molecule has 0 bridgehead atoms. The largest absolute Gasteiger partial charge is 0.415 e. The number of rotatable bonds is 5. The van der Waals surface area contributed by atoms with E-state index in [0.717, 1.165) is 45.4 Å². The van der Waals surface area contributed by atoms with Gasteiger partial charge in [0.2, 0.25) is 0 Å². The van der Waals surface area contributed by atoms with Crippen LogP contribution < -0.4 is 10.2 Å². The lowest BCUT2D eigenvalue weighted by atomic mass is 10.2. The summed E-state index contributed by atoms with van der Waals surface area (Å²) in [7, 11) is 0. The number of halogens is 3. The molecule has 35 heavy (non-hydrogen) atoms. The molecule has 2 amide bonds. The molecular formula is C23H32Cl2FN5O3S. The number of carbonyl (C=O) groups is 2. The first kappa shape index (κ1) is 29.4. The molecule has 0 spiro atoms. The van der Waals surface area contributed by atoms with Gasteiger partial charge in [0.05, 0.1) is 4.91 Å². The van der Waals surface area contributed by atoms with E-state index in [-0.39, 0.29) is 36.5 Å². The Morgan fingerprint density at radius 3 is 2.74 bits per heavy atom. The number of ether oxygens (including phenoxy) is 1. The zero-order valence-corrected chi connectivity index (χ0v) is 22.3. The molecular weight excluding hydrogens is 516 g/mol. The topological polar surface area (TPSA) is 77.5 Å². The smallest absolute Gasteiger partial charge is 0.409 e. The van der Waals surface area contributed by atoms with E-state index in [0.29, 0.717) is 34.8 Å². The van der Waals surface area contributed by atoms with Gasteiger partial charge in [0.1, 0.15) is 11.6 Å². The fourth-order valence-corrected chi connectivity index (χ4v) is 5.24. The van der Waals surface area contributed by atoms with Crippen LogP contribution in [-0.2, 0) is 4.79 Å². The van der Waals surface area contributed by atoms with Crippen molar-refractivity contribution in [1.29, 1.82) is 0 Å². The zero-order chi connectivity index (χ0) is 23.4. The normalized spacial score (nSPS) is 21.1. The number of nitrogens with one attached hydrogen (secondary N) is 1. The maximum Gasteiger partial charge on any atom is 0.415 e. The lowest BCUT2D eigenvalue weighted by molar-refractivity contribution is -0.113. The van der Waals surface area contributed by atoms with Crippen molar-refractivity contribution >= 4 is 59.8 Å². The minimum atomic E-state index is -0.512. The van der Waals surface area contributed by atoms with Gasteiger partial charge in [0.25, 0.3) is 5.91 Å². The molecule has 0 radical (unpaired) electrons. The zero-order valence-electron chi connectivity index (χ0n) is 19.9. The first-order valence-electron chi connectivity index (χ1n) is 11.5. The van der Waals surface area contributed by atoms with Crippen LogP contribution in [0.25, 0.3) is 6.08 Å². The molecule has 194 valence electrons. The van der Waals surface area contributed by atoms with E-state index in [1.54, 1.807) is 11.0 Å². The summed E-state index contributed by atoms with van der Waals surface area (Å²) in [6.45, 7) is 8.88. The molecule has 1 aromatic carbocycles. The van der Waals surface area contributed by atoms with Crippen molar-refractivity contribution in [3.63, 3.8) is 0 Å². The quantitative estimate of drug-likeness (QED) is 0.554. The van der Waals surface area contributed by atoms with E-state index < -0.39 is 11.9 Å². The summed E-state index contributed by atoms with van der Waals surface area (Å²) >= 11 is 1.26. The SMILES string of the molecule is CCN(CC)[C@H]1CCN(C(=O)Oc2cc(F)ccc2/C=C2/SC(N3CCCCN3)=NC2=O)C1.Cl.Cl. The molecule has 0 unspecified atom stereocenters. The third-order valence-electron chi connectivity index (χ3n) is 6.16. The number of hydrogen-bond donors (Lipinski definition) is 1. The van der Waals surface area contributed by atoms with Gasteiger partial charge in [-0.05, 0) is 62.3 Å². The minimum Gasteiger partial charge on any atom is -0.409 e. The number of benzene rings is 1. The molecule has 1 N–H and O–H groups in total. The van der Waals surface area contributed by atoms with E-state index in [1.807, 2.05) is 5.01 Å². The second-order valence-corrected chi connectivity index (χ2v) is 9.25. The Balaban J connectivity index is 0.00000216. The molecule has 1 aromatic rings. The van der Waals surface area contributed by atoms with Crippen LogP contribution in [0, 0.1) is 5.82 Å². The van der Waals surface area contributed by atoms with E-state index in [9.17, 15) is 14.0 Å². The van der Waals surface area contributed by atoms with Crippen molar-refractivity contribution in [1.82, 2.24) is 20.2 Å². The van der Waals surface area contributed by atoms with Crippen LogP contribution in [0.1, 0.15) is 38.7 Å². The number of aliphatic imine (C=N–C) groups is 1. The van der Waals surface area contributed by atoms with Gasteiger partial charge in [-0.2, -0.15) is 4.99 Å². The highest BCUT2D eigenvalue weighted by Crippen LogP contribution is 2.33. The number of carbonyl (C=O) groups excluding carboxylic acids is 2. The van der Waals surface area contributed by atoms with E-state index >= 15 is 0 Å². The van der Waals surface area contributed by atoms with Crippen molar-refractivity contribution in [2.24, 2.45) is 4.99 Å². The highest BCUT2D eigenvalue weighted by atomic mass is 35.5. The Hall–Kier alpha value is -1.85. The number of nitrogens with zero attached hydrogens (tertiary/aromatic N) is 4. The lowest BCUT2D eigenvalue weighted by Gasteiger charge is -2.28. The van der Waals surface area contributed by atoms with Crippen LogP contribution >= 0.6 is 36.6 Å². The number of amidine groups is 1. The molecule has 3 heterocycles. The Kier molecular flexibility index (Phi) is 11.3. The number of hydrogen-bond acceptors (Lipinski definition) is 7. The first-order chi connectivity index (χ1) is 16.0. The molecule has 0 aliphatic carbocycles. The van der Waals surface area contributed by atoms with Gasteiger partial charge >= 0.3 is 6.09 Å². The van der Waals surface area contributed by atoms with Crippen molar-refractivity contribution in [3.8, 4) is 5.75 Å². The predicted molar refractivity (Wildman–Crippen MR) is 142 cm³/mol. The number of likely N-dealkylation sites (N-methyl/N-ethyl adjacent to an activating group) is 1. The Morgan fingerprint density at radius 1 is 1.29 bits per heavy atom. The highest BCUT2D eigenvalue weighted by Gasteiger charge is 2.31. The van der Waals surface area contributed by atoms with E-state index in [4.69, 9.17) is 4.74 Å². The second-order valence-electron chi connectivity index (χ2n) is 8.24. The Bertz CT molecular complexity index is 970. The number of thioether (sulfide) groups is 1. The molecule has 12 heteroatoms. The summed E-state index contributed by atoms with van der Waals surface area (Å²) in [6.07, 6.45) is 4.10. The first-order valence-corrected chi connectivity index (χ1v) is 12.3. The van der Waals surface area contributed by atoms with Crippen LogP contribution in [-0.4, -0.2) is 77.3 Å². The third kappa shape index (κ3) is 7.10. The van der Waals surface area contributed by atoms with Crippen molar-refractivity contribution < 1.29 is 18.7 Å². The number of likely N-dealkylation sites (tertiary alicyclic amines) is 1. The summed E-state index contributed by atoms with van der Waals surface area (Å²) in [5, 5.41) is 2.49. The molecule has 2 saturated heterocycles. The van der Waals surface area contributed by atoms with Gasteiger partial charge in [0, 0.05) is 43.9 Å². The average molecular weight is 549 g/mol. The summed E-state index contributed by atoms with van der Waals surface area (Å²) in [6, 6.07) is 4.28. The monoisotopic (exact) mass is 547 g/mol. The summed E-state index contributed by atoms with van der Waals surface area (Å²) in [5.74, 6) is -0.774. The van der Waals surface area contributed by atoms with Gasteiger partial charge in [0.15, 0.2) is 5.17 Å². The van der Waals surface area contributed by atoms with Gasteiger partial charge in [-0.1, -0.05) is 13.8 Å².